The second-order valence-corrected chi connectivity index (χ2v) is 12.4. The Bertz CT molecular complexity index is 1030. The third-order valence-electron chi connectivity index (χ3n) is 7.88. The zero-order chi connectivity index (χ0) is 30.9. The zero-order valence-electron chi connectivity index (χ0n) is 24.9. The highest BCUT2D eigenvalue weighted by Crippen LogP contribution is 2.43. The van der Waals surface area contributed by atoms with Crippen molar-refractivity contribution in [1.29, 1.82) is 0 Å². The lowest BCUT2D eigenvalue weighted by atomic mass is 9.87. The SMILES string of the molecule is CC(C=C[C@H]1O[C@H](CC(=O)NCCNC(=O)CI)C[C@@]2(CO2)[C@@H]1O)=CC[C@@H]1O[C@H](C)[C@H](NC(=O)C=C[C@H](C)O)C[C@@H]1C. The Kier molecular flexibility index (Phi) is 13.4. The standard InChI is InChI=1S/C30H46IN3O8/c1-18(5-8-24-19(2)13-23(21(4)41-24)34-26(36)10-7-20(3)35)6-9-25-29(39)30(17-40-30)15-22(42-25)14-27(37)32-11-12-33-28(38)16-31/h5-7,9-10,19-25,29,35,39H,8,11-17H2,1-4H3,(H,32,37)(H,33,38)(H,34,36)/t19-,20-,21+,22+,23+,24-,25+,29+,30+/m0/s1. The van der Waals surface area contributed by atoms with Gasteiger partial charge in [-0.1, -0.05) is 59.4 Å². The number of rotatable bonds is 13. The van der Waals surface area contributed by atoms with E-state index >= 15 is 0 Å². The molecule has 9 atom stereocenters. The normalized spacial score (nSPS) is 34.0. The number of aliphatic hydroxyl groups excluding tert-OH is 2. The van der Waals surface area contributed by atoms with Gasteiger partial charge in [0, 0.05) is 25.6 Å². The number of allylic oxidation sites excluding steroid dienone is 2. The average molecular weight is 704 g/mol. The molecule has 5 N–H and O–H groups in total. The van der Waals surface area contributed by atoms with Gasteiger partial charge in [0.2, 0.25) is 17.7 Å². The van der Waals surface area contributed by atoms with Crippen LogP contribution in [0.1, 0.15) is 53.4 Å². The van der Waals surface area contributed by atoms with Gasteiger partial charge in [0.05, 0.1) is 47.9 Å². The maximum Gasteiger partial charge on any atom is 0.244 e. The van der Waals surface area contributed by atoms with Crippen LogP contribution in [0.3, 0.4) is 0 Å². The van der Waals surface area contributed by atoms with Crippen molar-refractivity contribution in [3.05, 3.63) is 36.0 Å². The van der Waals surface area contributed by atoms with Crippen LogP contribution in [0.15, 0.2) is 36.0 Å². The van der Waals surface area contributed by atoms with Crippen molar-refractivity contribution in [1.82, 2.24) is 16.0 Å². The minimum atomic E-state index is -0.825. The molecule has 3 aliphatic rings. The fourth-order valence-corrected chi connectivity index (χ4v) is 5.59. The molecule has 236 valence electrons. The molecular weight excluding hydrogens is 657 g/mol. The van der Waals surface area contributed by atoms with Crippen LogP contribution in [0.25, 0.3) is 0 Å². The molecule has 0 bridgehead atoms. The maximum absolute atomic E-state index is 12.4. The summed E-state index contributed by atoms with van der Waals surface area (Å²) in [5, 5.41) is 28.7. The van der Waals surface area contributed by atoms with Gasteiger partial charge in [-0.2, -0.15) is 0 Å². The summed E-state index contributed by atoms with van der Waals surface area (Å²) < 4.78 is 18.3. The van der Waals surface area contributed by atoms with E-state index in [2.05, 4.69) is 29.0 Å². The summed E-state index contributed by atoms with van der Waals surface area (Å²) >= 11 is 1.98. The first-order valence-corrected chi connectivity index (χ1v) is 16.2. The van der Waals surface area contributed by atoms with Gasteiger partial charge in [0.1, 0.15) is 17.8 Å². The summed E-state index contributed by atoms with van der Waals surface area (Å²) in [6.45, 7) is 8.77. The Morgan fingerprint density at radius 2 is 1.81 bits per heavy atom. The van der Waals surface area contributed by atoms with Crippen molar-refractivity contribution in [3.8, 4) is 0 Å². The third kappa shape index (κ3) is 10.7. The van der Waals surface area contributed by atoms with Gasteiger partial charge in [-0.15, -0.1) is 0 Å². The molecule has 3 aliphatic heterocycles. The average Bonchev–Trinajstić information content (AvgIpc) is 3.71. The van der Waals surface area contributed by atoms with E-state index in [1.54, 1.807) is 6.92 Å². The molecule has 3 heterocycles. The monoisotopic (exact) mass is 703 g/mol. The van der Waals surface area contributed by atoms with E-state index in [1.807, 2.05) is 48.6 Å². The predicted octanol–water partition coefficient (Wildman–Crippen LogP) is 1.46. The Balaban J connectivity index is 1.48. The van der Waals surface area contributed by atoms with Gasteiger partial charge < -0.3 is 40.4 Å². The Labute approximate surface area is 262 Å². The van der Waals surface area contributed by atoms with Crippen molar-refractivity contribution < 1.29 is 38.8 Å². The van der Waals surface area contributed by atoms with Crippen LogP contribution < -0.4 is 16.0 Å². The lowest BCUT2D eigenvalue weighted by molar-refractivity contribution is -0.145. The molecule has 11 nitrogen and oxygen atoms in total. The summed E-state index contributed by atoms with van der Waals surface area (Å²) in [6, 6.07) is -0.106. The van der Waals surface area contributed by atoms with Crippen molar-refractivity contribution >= 4 is 40.3 Å². The van der Waals surface area contributed by atoms with Crippen molar-refractivity contribution in [2.24, 2.45) is 5.92 Å². The second kappa shape index (κ2) is 16.3. The lowest BCUT2D eigenvalue weighted by Gasteiger charge is -2.39. The van der Waals surface area contributed by atoms with Crippen LogP contribution in [0.5, 0.6) is 0 Å². The van der Waals surface area contributed by atoms with Gasteiger partial charge >= 0.3 is 0 Å². The first-order valence-electron chi connectivity index (χ1n) is 14.7. The number of aliphatic hydroxyl groups is 2. The van der Waals surface area contributed by atoms with Crippen molar-refractivity contribution in [2.45, 2.75) is 102 Å². The minimum absolute atomic E-state index is 0.00180. The molecule has 3 amide bonds. The molecule has 0 aromatic rings. The number of halogens is 1. The number of hydrogen-bond acceptors (Lipinski definition) is 8. The molecule has 1 spiro atoms. The number of amides is 3. The van der Waals surface area contributed by atoms with E-state index in [4.69, 9.17) is 14.2 Å². The van der Waals surface area contributed by atoms with E-state index in [1.165, 1.54) is 12.2 Å². The predicted molar refractivity (Wildman–Crippen MR) is 166 cm³/mol. The molecule has 0 aliphatic carbocycles. The smallest absolute Gasteiger partial charge is 0.244 e. The molecule has 3 rings (SSSR count). The molecule has 42 heavy (non-hydrogen) atoms. The summed E-state index contributed by atoms with van der Waals surface area (Å²) in [5.74, 6) is -0.267. The summed E-state index contributed by atoms with van der Waals surface area (Å²) in [5.41, 5.74) is 0.316. The quantitative estimate of drug-likeness (QED) is 0.0482. The zero-order valence-corrected chi connectivity index (χ0v) is 27.0. The van der Waals surface area contributed by atoms with Crippen LogP contribution in [0.2, 0.25) is 0 Å². The first kappa shape index (κ1) is 34.6. The number of alkyl halides is 1. The van der Waals surface area contributed by atoms with E-state index in [9.17, 15) is 24.6 Å². The highest BCUT2D eigenvalue weighted by atomic mass is 127. The number of carbonyl (C=O) groups excluding carboxylic acids is 3. The van der Waals surface area contributed by atoms with Gasteiger partial charge in [-0.05, 0) is 39.5 Å². The number of hydrogen-bond donors (Lipinski definition) is 5. The number of epoxide rings is 1. The summed E-state index contributed by atoms with van der Waals surface area (Å²) in [6.07, 6.45) is 8.05. The van der Waals surface area contributed by atoms with Gasteiger partial charge in [0.25, 0.3) is 0 Å². The Morgan fingerprint density at radius 1 is 1.12 bits per heavy atom. The molecule has 3 saturated heterocycles. The van der Waals surface area contributed by atoms with Crippen LogP contribution in [0, 0.1) is 5.92 Å². The molecule has 0 saturated carbocycles. The van der Waals surface area contributed by atoms with E-state index < -0.39 is 30.0 Å². The van der Waals surface area contributed by atoms with E-state index in [0.717, 1.165) is 12.0 Å². The number of carbonyl (C=O) groups is 3. The van der Waals surface area contributed by atoms with Crippen LogP contribution >= 0.6 is 22.6 Å². The maximum atomic E-state index is 12.4. The highest BCUT2D eigenvalue weighted by Gasteiger charge is 2.58. The van der Waals surface area contributed by atoms with Gasteiger partial charge in [-0.3, -0.25) is 14.4 Å². The van der Waals surface area contributed by atoms with E-state index in [-0.39, 0.29) is 48.3 Å². The van der Waals surface area contributed by atoms with Crippen molar-refractivity contribution in [2.75, 3.05) is 24.1 Å². The van der Waals surface area contributed by atoms with Crippen LogP contribution in [-0.4, -0.2) is 100 Å². The highest BCUT2D eigenvalue weighted by molar-refractivity contribution is 14.1. The summed E-state index contributed by atoms with van der Waals surface area (Å²) in [4.78, 5) is 35.9. The lowest BCUT2D eigenvalue weighted by Crippen LogP contribution is -2.51. The van der Waals surface area contributed by atoms with Gasteiger partial charge in [0.15, 0.2) is 0 Å². The van der Waals surface area contributed by atoms with Gasteiger partial charge in [-0.25, -0.2) is 0 Å². The molecule has 12 heteroatoms. The largest absolute Gasteiger partial charge is 0.389 e. The second-order valence-electron chi connectivity index (χ2n) is 11.6. The van der Waals surface area contributed by atoms with Crippen molar-refractivity contribution in [3.63, 3.8) is 0 Å². The molecular formula is C30H46IN3O8. The summed E-state index contributed by atoms with van der Waals surface area (Å²) in [7, 11) is 0. The Morgan fingerprint density at radius 3 is 2.45 bits per heavy atom. The fraction of sp³-hybridized carbons (Fsp3) is 0.700. The third-order valence-corrected chi connectivity index (χ3v) is 8.58. The van der Waals surface area contributed by atoms with E-state index in [0.29, 0.717) is 37.0 Å². The minimum Gasteiger partial charge on any atom is -0.389 e. The van der Waals surface area contributed by atoms with Crippen LogP contribution in [-0.2, 0) is 28.6 Å². The molecule has 0 radical (unpaired) electrons. The number of nitrogens with one attached hydrogen (secondary N) is 3. The fourth-order valence-electron chi connectivity index (χ4n) is 5.32. The van der Waals surface area contributed by atoms with Crippen LogP contribution in [0.4, 0.5) is 0 Å². The topological polar surface area (TPSA) is 159 Å². The number of ether oxygens (including phenoxy) is 3. The molecule has 0 aromatic heterocycles. The molecule has 0 aromatic carbocycles. The first-order chi connectivity index (χ1) is 19.9. The molecule has 0 unspecified atom stereocenters. The Hall–Kier alpha value is -1.84. The molecule has 3 fully saturated rings.